The number of carbonyl (C=O) groups excluding carboxylic acids is 3. The van der Waals surface area contributed by atoms with Crippen molar-refractivity contribution in [3.63, 3.8) is 0 Å². The third-order valence-electron chi connectivity index (χ3n) is 4.31. The van der Waals surface area contributed by atoms with Crippen molar-refractivity contribution in [3.8, 4) is 0 Å². The zero-order chi connectivity index (χ0) is 22.6. The molecule has 0 aliphatic carbocycles. The van der Waals surface area contributed by atoms with Gasteiger partial charge >= 0.3 is 5.97 Å². The van der Waals surface area contributed by atoms with Gasteiger partial charge in [-0.05, 0) is 25.7 Å². The molecule has 0 spiro atoms. The van der Waals surface area contributed by atoms with Crippen molar-refractivity contribution >= 4 is 29.7 Å². The summed E-state index contributed by atoms with van der Waals surface area (Å²) in [6.07, 6.45) is 1.24. The van der Waals surface area contributed by atoms with E-state index in [0.29, 0.717) is 12.8 Å². The van der Waals surface area contributed by atoms with Gasteiger partial charge in [-0.15, -0.1) is 0 Å². The second-order valence-electron chi connectivity index (χ2n) is 6.77. The third kappa shape index (κ3) is 10.9. The summed E-state index contributed by atoms with van der Waals surface area (Å²) in [4.78, 5) is 51.2. The fraction of sp³-hybridized carbons (Fsp3) is 0.706. The number of aliphatic carboxylic acids is 1. The van der Waals surface area contributed by atoms with Gasteiger partial charge < -0.3 is 38.3 Å². The normalized spacial score (nSPS) is 14.6. The fourth-order valence-corrected chi connectivity index (χ4v) is 2.19. The Hall–Kier alpha value is -2.89. The van der Waals surface area contributed by atoms with Gasteiger partial charge in [0.25, 0.3) is 0 Å². The number of rotatable bonds is 13. The number of nitrogens with two attached hydrogens (primary N) is 3. The Morgan fingerprint density at radius 3 is 2.21 bits per heavy atom. The molecule has 3 amide bonds. The Labute approximate surface area is 170 Å². The summed E-state index contributed by atoms with van der Waals surface area (Å²) in [5, 5.41) is 16.1. The molecule has 29 heavy (non-hydrogen) atoms. The van der Waals surface area contributed by atoms with E-state index < -0.39 is 41.8 Å². The number of guanidine groups is 1. The summed E-state index contributed by atoms with van der Waals surface area (Å²) >= 11 is 0. The van der Waals surface area contributed by atoms with Gasteiger partial charge in [0.15, 0.2) is 5.96 Å². The molecule has 0 aliphatic heterocycles. The van der Waals surface area contributed by atoms with Crippen LogP contribution in [0.4, 0.5) is 0 Å². The van der Waals surface area contributed by atoms with Crippen LogP contribution in [0.3, 0.4) is 0 Å². The zero-order valence-electron chi connectivity index (χ0n) is 17.1. The summed E-state index contributed by atoms with van der Waals surface area (Å²) in [5.74, 6) is -3.11. The molecule has 0 heterocycles. The van der Waals surface area contributed by atoms with Crippen molar-refractivity contribution < 1.29 is 24.3 Å². The Morgan fingerprint density at radius 1 is 1.07 bits per heavy atom. The fourth-order valence-electron chi connectivity index (χ4n) is 2.19. The molecule has 0 rings (SSSR count). The lowest BCUT2D eigenvalue weighted by molar-refractivity contribution is -0.141. The van der Waals surface area contributed by atoms with Crippen LogP contribution in [0.1, 0.15) is 40.0 Å². The second-order valence-corrected chi connectivity index (χ2v) is 6.77. The minimum Gasteiger partial charge on any atom is -0.480 e. The molecule has 12 heteroatoms. The summed E-state index contributed by atoms with van der Waals surface area (Å²) in [5.41, 5.74) is 16.3. The summed E-state index contributed by atoms with van der Waals surface area (Å²) < 4.78 is 0. The van der Waals surface area contributed by atoms with Crippen LogP contribution >= 0.6 is 0 Å². The molecule has 0 aromatic heterocycles. The summed E-state index contributed by atoms with van der Waals surface area (Å²) in [6, 6.07) is -2.89. The first-order valence-corrected chi connectivity index (χ1v) is 9.40. The topological polar surface area (TPSA) is 215 Å². The Kier molecular flexibility index (Phi) is 12.0. The van der Waals surface area contributed by atoms with E-state index in [1.807, 2.05) is 13.8 Å². The highest BCUT2D eigenvalue weighted by Gasteiger charge is 2.25. The molecule has 166 valence electrons. The summed E-state index contributed by atoms with van der Waals surface area (Å²) in [6.45, 7) is 4.89. The van der Waals surface area contributed by atoms with E-state index in [9.17, 15) is 19.2 Å². The van der Waals surface area contributed by atoms with Crippen molar-refractivity contribution in [2.75, 3.05) is 13.1 Å². The van der Waals surface area contributed by atoms with Crippen LogP contribution in [-0.4, -0.2) is 66.0 Å². The molecule has 0 bridgehead atoms. The third-order valence-corrected chi connectivity index (χ3v) is 4.31. The largest absolute Gasteiger partial charge is 0.480 e. The first-order valence-electron chi connectivity index (χ1n) is 9.40. The summed E-state index contributed by atoms with van der Waals surface area (Å²) in [7, 11) is 0. The first kappa shape index (κ1) is 26.1. The first-order chi connectivity index (χ1) is 13.5. The Morgan fingerprint density at radius 2 is 1.69 bits per heavy atom. The minimum absolute atomic E-state index is 0.0513. The number of nitrogens with one attached hydrogen (secondary N) is 3. The van der Waals surface area contributed by atoms with Crippen molar-refractivity contribution in [2.45, 2.75) is 58.2 Å². The quantitative estimate of drug-likeness (QED) is 0.0975. The number of hydrogen-bond donors (Lipinski definition) is 7. The number of aliphatic imine (C=N–C) groups is 1. The van der Waals surface area contributed by atoms with E-state index >= 15 is 0 Å². The highest BCUT2D eigenvalue weighted by molar-refractivity contribution is 5.92. The molecule has 10 N–H and O–H groups in total. The molecule has 12 nitrogen and oxygen atoms in total. The van der Waals surface area contributed by atoms with Crippen molar-refractivity contribution in [1.29, 1.82) is 0 Å². The van der Waals surface area contributed by atoms with E-state index in [-0.39, 0.29) is 31.4 Å². The minimum atomic E-state index is -1.21. The van der Waals surface area contributed by atoms with Crippen LogP contribution in [0.25, 0.3) is 0 Å². The molecule has 0 radical (unpaired) electrons. The molecule has 0 aromatic rings. The van der Waals surface area contributed by atoms with E-state index in [0.717, 1.165) is 0 Å². The van der Waals surface area contributed by atoms with Crippen molar-refractivity contribution in [3.05, 3.63) is 0 Å². The van der Waals surface area contributed by atoms with Gasteiger partial charge in [-0.3, -0.25) is 24.2 Å². The number of amides is 3. The number of hydrogen-bond acceptors (Lipinski definition) is 6. The van der Waals surface area contributed by atoms with E-state index in [2.05, 4.69) is 20.9 Å². The Balaban J connectivity index is 4.83. The molecule has 0 saturated carbocycles. The van der Waals surface area contributed by atoms with Crippen molar-refractivity contribution in [2.24, 2.45) is 28.1 Å². The van der Waals surface area contributed by atoms with Crippen LogP contribution < -0.4 is 33.2 Å². The van der Waals surface area contributed by atoms with Crippen LogP contribution in [0.15, 0.2) is 4.99 Å². The smallest absolute Gasteiger partial charge is 0.325 e. The Bertz CT molecular complexity index is 607. The van der Waals surface area contributed by atoms with Crippen molar-refractivity contribution in [1.82, 2.24) is 16.0 Å². The monoisotopic (exact) mass is 415 g/mol. The molecule has 0 aliphatic rings. The van der Waals surface area contributed by atoms with Crippen LogP contribution in [-0.2, 0) is 19.2 Å². The van der Waals surface area contributed by atoms with E-state index in [1.54, 1.807) is 0 Å². The molecule has 0 aromatic carbocycles. The van der Waals surface area contributed by atoms with Gasteiger partial charge in [0, 0.05) is 6.54 Å². The molecule has 0 fully saturated rings. The lowest BCUT2D eigenvalue weighted by Gasteiger charge is -2.21. The highest BCUT2D eigenvalue weighted by Crippen LogP contribution is 2.05. The van der Waals surface area contributed by atoms with Crippen LogP contribution in [0, 0.1) is 5.92 Å². The SMILES string of the molecule is CCC(C)C(N)C(=O)NCC(=O)NC(CCCN=C(N)N)C(=O)NC(C)C(=O)O. The van der Waals surface area contributed by atoms with Gasteiger partial charge in [-0.1, -0.05) is 20.3 Å². The molecule has 0 saturated heterocycles. The lowest BCUT2D eigenvalue weighted by atomic mass is 9.99. The predicted octanol–water partition coefficient (Wildman–Crippen LogP) is -2.40. The lowest BCUT2D eigenvalue weighted by Crippen LogP contribution is -2.53. The average Bonchev–Trinajstić information content (AvgIpc) is 2.66. The van der Waals surface area contributed by atoms with Crippen LogP contribution in [0.5, 0.6) is 0 Å². The molecular formula is C17H33N7O5. The number of nitrogens with zero attached hydrogens (tertiary/aromatic N) is 1. The highest BCUT2D eigenvalue weighted by atomic mass is 16.4. The number of carbonyl (C=O) groups is 4. The van der Waals surface area contributed by atoms with Crippen LogP contribution in [0.2, 0.25) is 0 Å². The maximum atomic E-state index is 12.3. The maximum absolute atomic E-state index is 12.3. The predicted molar refractivity (Wildman–Crippen MR) is 108 cm³/mol. The molecular weight excluding hydrogens is 382 g/mol. The van der Waals surface area contributed by atoms with E-state index in [1.165, 1.54) is 6.92 Å². The zero-order valence-corrected chi connectivity index (χ0v) is 17.1. The standard InChI is InChI=1S/C17H33N7O5/c1-4-9(2)13(18)15(27)22-8-12(25)24-11(6-5-7-21-17(19)20)14(26)23-10(3)16(28)29/h9-11,13H,4-8,18H2,1-3H3,(H,22,27)(H,23,26)(H,24,25)(H,28,29)(H4,19,20,21). The van der Waals surface area contributed by atoms with Gasteiger partial charge in [0.2, 0.25) is 17.7 Å². The average molecular weight is 415 g/mol. The number of carboxylic acid groups (broad SMARTS) is 1. The molecule has 4 unspecified atom stereocenters. The van der Waals surface area contributed by atoms with Gasteiger partial charge in [0.1, 0.15) is 12.1 Å². The maximum Gasteiger partial charge on any atom is 0.325 e. The molecule has 4 atom stereocenters. The van der Waals surface area contributed by atoms with E-state index in [4.69, 9.17) is 22.3 Å². The van der Waals surface area contributed by atoms with Gasteiger partial charge in [-0.25, -0.2) is 0 Å². The number of carboxylic acids is 1. The second kappa shape index (κ2) is 13.3. The van der Waals surface area contributed by atoms with Gasteiger partial charge in [-0.2, -0.15) is 0 Å². The van der Waals surface area contributed by atoms with Gasteiger partial charge in [0.05, 0.1) is 12.6 Å².